The van der Waals surface area contributed by atoms with Gasteiger partial charge in [0.25, 0.3) is 10.7 Å². The molecular weight excluding hydrogens is 362 g/mol. The molecule has 8 heteroatoms. The van der Waals surface area contributed by atoms with Gasteiger partial charge >= 0.3 is 0 Å². The number of piperidine rings is 1. The highest BCUT2D eigenvalue weighted by atomic mass is 32.1. The minimum atomic E-state index is 0.181. The summed E-state index contributed by atoms with van der Waals surface area (Å²) in [6, 6.07) is 7.82. The zero-order chi connectivity index (χ0) is 18.6. The molecule has 0 bridgehead atoms. The fourth-order valence-corrected chi connectivity index (χ4v) is 3.47. The Kier molecular flexibility index (Phi) is 5.45. The number of rotatable bonds is 6. The van der Waals surface area contributed by atoms with Crippen molar-refractivity contribution in [2.75, 3.05) is 13.1 Å². The second kappa shape index (κ2) is 8.14. The van der Waals surface area contributed by atoms with Crippen LogP contribution in [-0.2, 0) is 19.7 Å². The lowest BCUT2D eigenvalue weighted by atomic mass is 10.1. The highest BCUT2D eigenvalue weighted by Gasteiger charge is 2.14. The van der Waals surface area contributed by atoms with E-state index in [9.17, 15) is 0 Å². The van der Waals surface area contributed by atoms with Crippen LogP contribution in [0.25, 0.3) is 10.9 Å². The Hall–Kier alpha value is -2.32. The number of likely N-dealkylation sites (tertiary alicyclic amines) is 1. The van der Waals surface area contributed by atoms with Crippen LogP contribution in [0.4, 0.5) is 0 Å². The molecule has 0 spiro atoms. The largest absolute Gasteiger partial charge is 0.467 e. The summed E-state index contributed by atoms with van der Waals surface area (Å²) in [5, 5.41) is 5.35. The number of ether oxygens (including phenoxy) is 1. The molecule has 0 N–H and O–H groups in total. The summed E-state index contributed by atoms with van der Waals surface area (Å²) in [5.41, 5.74) is 0.871. The quantitative estimate of drug-likeness (QED) is 0.599. The summed E-state index contributed by atoms with van der Waals surface area (Å²) in [4.78, 5) is 11.8. The molecule has 1 saturated heterocycles. The van der Waals surface area contributed by atoms with Crippen molar-refractivity contribution in [3.05, 3.63) is 40.8 Å². The molecular formula is C19H23N5O2S. The summed E-state index contributed by atoms with van der Waals surface area (Å²) in [5.74, 6) is 1.75. The third kappa shape index (κ3) is 4.17. The van der Waals surface area contributed by atoms with E-state index in [1.54, 1.807) is 4.68 Å². The van der Waals surface area contributed by atoms with E-state index in [1.165, 1.54) is 19.3 Å². The zero-order valence-corrected chi connectivity index (χ0v) is 16.2. The number of nitrogens with zero attached hydrogens (tertiary/aromatic N) is 5. The molecule has 0 aliphatic carbocycles. The Balaban J connectivity index is 1.50. The molecule has 2 aromatic heterocycles. The Labute approximate surface area is 163 Å². The van der Waals surface area contributed by atoms with Crippen LogP contribution < -0.4 is 4.74 Å². The van der Waals surface area contributed by atoms with E-state index in [0.717, 1.165) is 36.2 Å². The summed E-state index contributed by atoms with van der Waals surface area (Å²) in [6.07, 6.45) is 4.49. The van der Waals surface area contributed by atoms with Crippen LogP contribution in [0.1, 0.15) is 37.9 Å². The van der Waals surface area contributed by atoms with Gasteiger partial charge in [-0.1, -0.05) is 25.5 Å². The standard InChI is InChI=1S/C19H23N5O2S/c1-2-16-20-15-9-5-4-8-14(15)18(21-16)25-12-17-22-24(19(27)26-17)13-23-10-6-3-7-11-23/h4-5,8-9H,2-3,6-7,10-13H2,1H3. The lowest BCUT2D eigenvalue weighted by Crippen LogP contribution is -2.32. The maximum atomic E-state index is 5.93. The number of fused-ring (bicyclic) bond motifs is 1. The molecule has 0 amide bonds. The Morgan fingerprint density at radius 1 is 1.15 bits per heavy atom. The first kappa shape index (κ1) is 18.1. The van der Waals surface area contributed by atoms with Crippen molar-refractivity contribution in [3.63, 3.8) is 0 Å². The third-order valence-corrected chi connectivity index (χ3v) is 4.99. The molecule has 1 aliphatic rings. The molecule has 4 rings (SSSR count). The molecule has 27 heavy (non-hydrogen) atoms. The van der Waals surface area contributed by atoms with E-state index in [1.807, 2.05) is 31.2 Å². The molecule has 0 saturated carbocycles. The number of benzene rings is 1. The molecule has 0 unspecified atom stereocenters. The highest BCUT2D eigenvalue weighted by molar-refractivity contribution is 7.71. The minimum absolute atomic E-state index is 0.181. The topological polar surface area (TPSA) is 69.2 Å². The Morgan fingerprint density at radius 3 is 2.78 bits per heavy atom. The van der Waals surface area contributed by atoms with E-state index in [2.05, 4.69) is 20.0 Å². The minimum Gasteiger partial charge on any atom is -0.467 e. The number of para-hydroxylation sites is 1. The third-order valence-electron chi connectivity index (χ3n) is 4.69. The van der Waals surface area contributed by atoms with Gasteiger partial charge in [-0.25, -0.2) is 9.67 Å². The predicted octanol–water partition coefficient (Wildman–Crippen LogP) is 3.73. The fraction of sp³-hybridized carbons (Fsp3) is 0.474. The van der Waals surface area contributed by atoms with Crippen LogP contribution in [0.2, 0.25) is 0 Å². The normalized spacial score (nSPS) is 15.3. The molecule has 0 atom stereocenters. The molecule has 3 aromatic rings. The first-order valence-electron chi connectivity index (χ1n) is 9.40. The van der Waals surface area contributed by atoms with Gasteiger partial charge in [-0.15, -0.1) is 5.10 Å². The van der Waals surface area contributed by atoms with Gasteiger partial charge in [0, 0.05) is 6.42 Å². The van der Waals surface area contributed by atoms with Crippen LogP contribution in [0.5, 0.6) is 5.88 Å². The SMILES string of the molecule is CCc1nc(OCc2nn(CN3CCCCC3)c(=S)o2)c2ccccc2n1. The van der Waals surface area contributed by atoms with Crippen LogP contribution in [0, 0.1) is 4.84 Å². The first-order chi connectivity index (χ1) is 13.2. The van der Waals surface area contributed by atoms with E-state index in [4.69, 9.17) is 21.4 Å². The molecule has 1 aromatic carbocycles. The maximum Gasteiger partial charge on any atom is 0.288 e. The van der Waals surface area contributed by atoms with Gasteiger partial charge in [0.05, 0.1) is 17.6 Å². The summed E-state index contributed by atoms with van der Waals surface area (Å²) < 4.78 is 13.3. The van der Waals surface area contributed by atoms with Crippen molar-refractivity contribution in [1.82, 2.24) is 24.6 Å². The summed E-state index contributed by atoms with van der Waals surface area (Å²) >= 11 is 5.31. The van der Waals surface area contributed by atoms with E-state index >= 15 is 0 Å². The maximum absolute atomic E-state index is 5.93. The van der Waals surface area contributed by atoms with Crippen molar-refractivity contribution in [3.8, 4) is 5.88 Å². The second-order valence-corrected chi connectivity index (χ2v) is 7.03. The van der Waals surface area contributed by atoms with E-state index in [-0.39, 0.29) is 6.61 Å². The van der Waals surface area contributed by atoms with Crippen molar-refractivity contribution < 1.29 is 9.15 Å². The van der Waals surface area contributed by atoms with Crippen molar-refractivity contribution in [2.45, 2.75) is 45.9 Å². The average Bonchev–Trinajstić information content (AvgIpc) is 3.06. The van der Waals surface area contributed by atoms with Gasteiger partial charge in [0.1, 0.15) is 5.82 Å². The summed E-state index contributed by atoms with van der Waals surface area (Å²) in [7, 11) is 0. The smallest absolute Gasteiger partial charge is 0.288 e. The molecule has 1 aliphatic heterocycles. The lowest BCUT2D eigenvalue weighted by molar-refractivity contribution is 0.170. The van der Waals surface area contributed by atoms with Crippen molar-refractivity contribution in [2.24, 2.45) is 0 Å². The van der Waals surface area contributed by atoms with Crippen molar-refractivity contribution in [1.29, 1.82) is 0 Å². The molecule has 142 valence electrons. The molecule has 7 nitrogen and oxygen atoms in total. The Morgan fingerprint density at radius 2 is 1.96 bits per heavy atom. The first-order valence-corrected chi connectivity index (χ1v) is 9.81. The second-order valence-electron chi connectivity index (χ2n) is 6.69. The molecule has 3 heterocycles. The predicted molar refractivity (Wildman–Crippen MR) is 104 cm³/mol. The number of hydrogen-bond acceptors (Lipinski definition) is 7. The fourth-order valence-electron chi connectivity index (χ4n) is 3.28. The van der Waals surface area contributed by atoms with Crippen molar-refractivity contribution >= 4 is 23.1 Å². The number of hydrogen-bond donors (Lipinski definition) is 0. The molecule has 0 radical (unpaired) electrons. The van der Waals surface area contributed by atoms with Crippen LogP contribution in [-0.4, -0.2) is 37.7 Å². The summed E-state index contributed by atoms with van der Waals surface area (Å²) in [6.45, 7) is 5.02. The number of aryl methyl sites for hydroxylation is 1. The van der Waals surface area contributed by atoms with Crippen LogP contribution in [0.3, 0.4) is 0 Å². The zero-order valence-electron chi connectivity index (χ0n) is 15.4. The van der Waals surface area contributed by atoms with Crippen LogP contribution in [0.15, 0.2) is 28.7 Å². The van der Waals surface area contributed by atoms with Gasteiger partial charge in [0.2, 0.25) is 5.88 Å². The van der Waals surface area contributed by atoms with E-state index < -0.39 is 0 Å². The van der Waals surface area contributed by atoms with Gasteiger partial charge in [-0.3, -0.25) is 4.90 Å². The monoisotopic (exact) mass is 385 g/mol. The van der Waals surface area contributed by atoms with Gasteiger partial charge in [-0.2, -0.15) is 4.98 Å². The van der Waals surface area contributed by atoms with Gasteiger partial charge < -0.3 is 9.15 Å². The van der Waals surface area contributed by atoms with Crippen LogP contribution >= 0.6 is 12.2 Å². The van der Waals surface area contributed by atoms with Gasteiger partial charge in [-0.05, 0) is 50.3 Å². The van der Waals surface area contributed by atoms with Gasteiger partial charge in [0.15, 0.2) is 6.61 Å². The average molecular weight is 385 g/mol. The Bertz CT molecular complexity index is 978. The molecule has 1 fully saturated rings. The number of aromatic nitrogens is 4. The van der Waals surface area contributed by atoms with E-state index in [0.29, 0.717) is 23.3 Å². The highest BCUT2D eigenvalue weighted by Crippen LogP contribution is 2.23. The lowest BCUT2D eigenvalue weighted by Gasteiger charge is -2.25.